The molecule has 4 aliphatic carbocycles. The molecular weight excluding hydrogens is 805 g/mol. The monoisotopic (exact) mass is 875 g/mol. The highest BCUT2D eigenvalue weighted by Crippen LogP contribution is 2.62. The van der Waals surface area contributed by atoms with Crippen molar-refractivity contribution < 1.29 is 34.0 Å². The zero-order chi connectivity index (χ0) is 44.9. The number of ether oxygens (including phenoxy) is 4. The molecule has 1 spiro atoms. The van der Waals surface area contributed by atoms with Crippen LogP contribution in [0.25, 0.3) is 0 Å². The number of nitrogens with zero attached hydrogens (tertiary/aromatic N) is 1. The van der Waals surface area contributed by atoms with Crippen LogP contribution in [0.15, 0.2) is 47.5 Å². The molecule has 0 saturated heterocycles. The summed E-state index contributed by atoms with van der Waals surface area (Å²) in [7, 11) is 6.81. The summed E-state index contributed by atoms with van der Waals surface area (Å²) in [6.45, 7) is 2.89. The van der Waals surface area contributed by atoms with E-state index >= 15 is 4.79 Å². The van der Waals surface area contributed by atoms with Crippen molar-refractivity contribution >= 4 is 17.4 Å². The lowest BCUT2D eigenvalue weighted by atomic mass is 9.54. The number of guanidine groups is 1. The lowest BCUT2D eigenvalue weighted by Crippen LogP contribution is -2.46. The number of hydrogen-bond donors (Lipinski definition) is 5. The van der Waals surface area contributed by atoms with Gasteiger partial charge in [-0.2, -0.15) is 0 Å². The number of fused-ring (bicyclic) bond motifs is 7. The van der Waals surface area contributed by atoms with E-state index in [0.717, 1.165) is 89.0 Å². The van der Waals surface area contributed by atoms with Crippen LogP contribution < -0.4 is 30.2 Å². The van der Waals surface area contributed by atoms with Crippen LogP contribution in [0.2, 0.25) is 0 Å². The summed E-state index contributed by atoms with van der Waals surface area (Å²) in [6.07, 6.45) is 21.7. The molecule has 2 heterocycles. The van der Waals surface area contributed by atoms with Crippen molar-refractivity contribution in [1.82, 2.24) is 10.6 Å². The highest BCUT2D eigenvalue weighted by atomic mass is 16.6. The van der Waals surface area contributed by atoms with E-state index in [1.54, 1.807) is 27.3 Å². The van der Waals surface area contributed by atoms with Crippen LogP contribution in [0.1, 0.15) is 121 Å². The lowest BCUT2D eigenvalue weighted by Gasteiger charge is -2.50. The van der Waals surface area contributed by atoms with E-state index in [9.17, 15) is 10.2 Å². The van der Waals surface area contributed by atoms with E-state index in [1.807, 2.05) is 25.3 Å². The maximum atomic E-state index is 15.4. The second-order valence-electron chi connectivity index (χ2n) is 19.7. The highest BCUT2D eigenvalue weighted by Gasteiger charge is 2.55. The quantitative estimate of drug-likeness (QED) is 0.110. The molecule has 10 unspecified atom stereocenters. The van der Waals surface area contributed by atoms with Crippen LogP contribution >= 0.6 is 0 Å². The summed E-state index contributed by atoms with van der Waals surface area (Å²) in [5, 5.41) is 31.5. The number of methoxy groups -OCH3 is 2. The number of allylic oxidation sites excluding steroid dienone is 2. The second kappa shape index (κ2) is 19.8. The number of benzene rings is 2. The first kappa shape index (κ1) is 45.9. The summed E-state index contributed by atoms with van der Waals surface area (Å²) in [6, 6.07) is 13.2. The third-order valence-corrected chi connectivity index (χ3v) is 16.3. The molecule has 6 aliphatic rings. The van der Waals surface area contributed by atoms with E-state index in [1.165, 1.54) is 5.56 Å². The number of unbranched alkanes of at least 4 members (excludes halogenated alkanes) is 1. The number of aromatic hydroxyl groups is 1. The topological polar surface area (TPSA) is 143 Å². The molecule has 2 aliphatic heterocycles. The molecule has 2 aromatic rings. The van der Waals surface area contributed by atoms with Gasteiger partial charge in [-0.15, -0.1) is 0 Å². The van der Waals surface area contributed by atoms with Gasteiger partial charge in [0.15, 0.2) is 29.3 Å². The Morgan fingerprint density at radius 2 is 1.88 bits per heavy atom. The van der Waals surface area contributed by atoms with E-state index in [-0.39, 0.29) is 40.6 Å². The molecule has 2 aromatic carbocycles. The normalized spacial score (nSPS) is 33.0. The molecule has 11 heteroatoms. The second-order valence-corrected chi connectivity index (χ2v) is 19.7. The number of hydrogen-bond acceptors (Lipinski definition) is 9. The third kappa shape index (κ3) is 8.98. The predicted molar refractivity (Wildman–Crippen MR) is 250 cm³/mol. The molecule has 5 N–H and O–H groups in total. The summed E-state index contributed by atoms with van der Waals surface area (Å²) >= 11 is 0. The molecule has 8 rings (SSSR count). The maximum absolute atomic E-state index is 15.4. The third-order valence-electron chi connectivity index (χ3n) is 16.3. The van der Waals surface area contributed by atoms with Gasteiger partial charge in [-0.05, 0) is 148 Å². The number of aliphatic hydroxyl groups is 1. The number of phenolic OH excluding ortho intramolecular Hbond substituents is 1. The molecule has 0 aromatic heterocycles. The molecule has 10 atom stereocenters. The van der Waals surface area contributed by atoms with Crippen molar-refractivity contribution in [3.8, 4) is 47.0 Å². The zero-order valence-electron chi connectivity index (χ0n) is 38.7. The van der Waals surface area contributed by atoms with Gasteiger partial charge in [-0.3, -0.25) is 15.1 Å². The number of rotatable bonds is 11. The van der Waals surface area contributed by atoms with E-state index in [2.05, 4.69) is 70.1 Å². The number of nitrogens with one attached hydrogen (secondary N) is 3. The van der Waals surface area contributed by atoms with Crippen LogP contribution in [0.4, 0.5) is 5.69 Å². The lowest BCUT2D eigenvalue weighted by molar-refractivity contribution is -0.125. The van der Waals surface area contributed by atoms with Crippen molar-refractivity contribution in [1.29, 1.82) is 0 Å². The van der Waals surface area contributed by atoms with E-state index < -0.39 is 17.3 Å². The fourth-order valence-corrected chi connectivity index (χ4v) is 13.3. The van der Waals surface area contributed by atoms with Crippen LogP contribution in [0.5, 0.6) is 23.0 Å². The Bertz CT molecular complexity index is 2200. The first-order chi connectivity index (χ1) is 31.1. The molecule has 4 fully saturated rings. The number of ketones is 1. The van der Waals surface area contributed by atoms with Gasteiger partial charge in [0.25, 0.3) is 0 Å². The van der Waals surface area contributed by atoms with Gasteiger partial charge in [0, 0.05) is 56.8 Å². The van der Waals surface area contributed by atoms with Gasteiger partial charge < -0.3 is 39.8 Å². The standard InChI is InChI=1S/C53H70N4O7/c1-6-7-12-36-18-19-40-15-9-24-53(40)41-29-43(49-46(30-41)64-51(34-54-2)32-37(13-11-26-63-49)38(33-51)28-48(60)62-5)57-50(55-3)56-25-10-16-39-14-8-23-52(39,47(59)22-20-42(36)53)31-35-17-21-44(58)45(27-35)61-4/h17,20-22,27,29-30,36-40,42,48,54,58,60H,6-9,12-16,18-19,23-24,28,31-34H2,1-5H3,(H2,55,56,57). The minimum absolute atomic E-state index is 0.0408. The fourth-order valence-electron chi connectivity index (χ4n) is 13.3. The zero-order valence-corrected chi connectivity index (χ0v) is 38.7. The van der Waals surface area contributed by atoms with Gasteiger partial charge in [0.05, 0.1) is 12.8 Å². The molecule has 11 nitrogen and oxygen atoms in total. The molecule has 0 radical (unpaired) electrons. The van der Waals surface area contributed by atoms with Crippen LogP contribution in [-0.4, -0.2) is 68.7 Å². The van der Waals surface area contributed by atoms with Crippen LogP contribution in [0.3, 0.4) is 0 Å². The van der Waals surface area contributed by atoms with Crippen molar-refractivity contribution in [2.45, 2.75) is 133 Å². The van der Waals surface area contributed by atoms with Crippen LogP contribution in [-0.2, 0) is 21.4 Å². The number of phenols is 1. The van der Waals surface area contributed by atoms with Crippen molar-refractivity contribution in [2.75, 3.05) is 40.2 Å². The summed E-state index contributed by atoms with van der Waals surface area (Å²) < 4.78 is 24.8. The first-order valence-corrected chi connectivity index (χ1v) is 24.0. The summed E-state index contributed by atoms with van der Waals surface area (Å²) in [5.74, 6) is 10.3. The molecule has 0 amide bonds. The number of carbonyl (C=O) groups is 1. The summed E-state index contributed by atoms with van der Waals surface area (Å²) in [5.41, 5.74) is 1.36. The Hall–Kier alpha value is -4.68. The van der Waals surface area contributed by atoms with Gasteiger partial charge in [0.1, 0.15) is 11.7 Å². The Kier molecular flexibility index (Phi) is 14.2. The molecular formula is C53H70N4O7. The number of aliphatic hydroxyl groups excluding tert-OH is 1. The Morgan fingerprint density at radius 1 is 1.03 bits per heavy atom. The van der Waals surface area contributed by atoms with Gasteiger partial charge in [-0.1, -0.05) is 56.6 Å². The van der Waals surface area contributed by atoms with Gasteiger partial charge in [-0.25, -0.2) is 0 Å². The molecule has 4 bridgehead atoms. The predicted octanol–water partition coefficient (Wildman–Crippen LogP) is 8.62. The average molecular weight is 875 g/mol. The number of anilines is 1. The Balaban J connectivity index is 1.30. The first-order valence-electron chi connectivity index (χ1n) is 24.0. The average Bonchev–Trinajstić information content (AvgIpc) is 4.01. The van der Waals surface area contributed by atoms with Crippen molar-refractivity contribution in [2.24, 2.45) is 45.9 Å². The van der Waals surface area contributed by atoms with E-state index in [4.69, 9.17) is 18.9 Å². The van der Waals surface area contributed by atoms with Gasteiger partial charge >= 0.3 is 0 Å². The number of likely N-dealkylation sites (N-methyl/N-ethyl adjacent to an activating group) is 1. The van der Waals surface area contributed by atoms with Gasteiger partial charge in [0.2, 0.25) is 11.7 Å². The number of carbonyl (C=O) groups excluding carboxylic acids is 1. The molecule has 64 heavy (non-hydrogen) atoms. The van der Waals surface area contributed by atoms with E-state index in [0.29, 0.717) is 73.0 Å². The SMILES string of the molecule is CCCCC1CCC2CCCC23c2cc(c4c(c2)OC2(CNC)CC(CC#CO4)C(CC(O)OC)C2)NC(=NC)NC#CCC2CCCC2(Cc2ccc(O)c(OC)c2)C(=O)C=CC13. The smallest absolute Gasteiger partial charge is 0.207 e. The minimum atomic E-state index is -0.863. The van der Waals surface area contributed by atoms with Crippen molar-refractivity contribution in [3.05, 3.63) is 53.6 Å². The fraction of sp³-hybridized carbons (Fsp3) is 0.623. The van der Waals surface area contributed by atoms with Crippen molar-refractivity contribution in [3.63, 3.8) is 0 Å². The minimum Gasteiger partial charge on any atom is -0.504 e. The largest absolute Gasteiger partial charge is 0.504 e. The Morgan fingerprint density at radius 3 is 2.67 bits per heavy atom. The Labute approximate surface area is 380 Å². The molecule has 344 valence electrons. The number of aliphatic imine (C=N–C) groups is 1. The highest BCUT2D eigenvalue weighted by molar-refractivity contribution is 5.97. The maximum Gasteiger partial charge on any atom is 0.207 e. The summed E-state index contributed by atoms with van der Waals surface area (Å²) in [4.78, 5) is 20.0. The molecule has 4 saturated carbocycles. The van der Waals surface area contributed by atoms with Crippen LogP contribution in [0, 0.1) is 64.9 Å².